The number of rotatable bonds is 6. The third-order valence-corrected chi connectivity index (χ3v) is 4.70. The van der Waals surface area contributed by atoms with E-state index >= 15 is 0 Å². The van der Waals surface area contributed by atoms with Gasteiger partial charge in [0.05, 0.1) is 6.04 Å². The SMILES string of the molecule is CCC(CC)(C(NC)c1cc(Br)ccc1F)N(C)C. The number of nitrogens with zero attached hydrogens (tertiary/aromatic N) is 1. The van der Waals surface area contributed by atoms with Gasteiger partial charge in [0.1, 0.15) is 5.82 Å². The molecule has 1 atom stereocenters. The second-order valence-corrected chi connectivity index (χ2v) is 6.01. The monoisotopic (exact) mass is 330 g/mol. The number of hydrogen-bond acceptors (Lipinski definition) is 2. The number of benzene rings is 1. The van der Waals surface area contributed by atoms with Gasteiger partial charge in [-0.25, -0.2) is 4.39 Å². The highest BCUT2D eigenvalue weighted by Crippen LogP contribution is 2.37. The van der Waals surface area contributed by atoms with E-state index in [1.807, 2.05) is 13.1 Å². The molecule has 0 amide bonds. The summed E-state index contributed by atoms with van der Waals surface area (Å²) in [6.07, 6.45) is 1.90. The number of halogens is 2. The van der Waals surface area contributed by atoms with Crippen LogP contribution in [0.1, 0.15) is 38.3 Å². The molecule has 0 aliphatic rings. The van der Waals surface area contributed by atoms with Gasteiger partial charge in [0.2, 0.25) is 0 Å². The summed E-state index contributed by atoms with van der Waals surface area (Å²) in [5, 5.41) is 3.31. The zero-order valence-electron chi connectivity index (χ0n) is 12.4. The van der Waals surface area contributed by atoms with Crippen molar-refractivity contribution in [1.82, 2.24) is 10.2 Å². The van der Waals surface area contributed by atoms with Crippen molar-refractivity contribution in [2.45, 2.75) is 38.3 Å². The molecule has 0 aliphatic carbocycles. The highest BCUT2D eigenvalue weighted by Gasteiger charge is 2.39. The van der Waals surface area contributed by atoms with Crippen LogP contribution in [0.4, 0.5) is 4.39 Å². The van der Waals surface area contributed by atoms with E-state index in [1.165, 1.54) is 6.07 Å². The second kappa shape index (κ2) is 6.82. The van der Waals surface area contributed by atoms with Crippen LogP contribution in [0.2, 0.25) is 0 Å². The lowest BCUT2D eigenvalue weighted by molar-refractivity contribution is 0.0901. The lowest BCUT2D eigenvalue weighted by Gasteiger charge is -2.45. The molecule has 0 aliphatic heterocycles. The Bertz CT molecular complexity index is 417. The molecule has 108 valence electrons. The van der Waals surface area contributed by atoms with Crippen molar-refractivity contribution in [1.29, 1.82) is 0 Å². The molecule has 0 fully saturated rings. The minimum atomic E-state index is -0.157. The summed E-state index contributed by atoms with van der Waals surface area (Å²) >= 11 is 3.43. The number of likely N-dealkylation sites (N-methyl/N-ethyl adjacent to an activating group) is 2. The lowest BCUT2D eigenvalue weighted by Crippen LogP contribution is -2.52. The first-order valence-electron chi connectivity index (χ1n) is 6.72. The van der Waals surface area contributed by atoms with Gasteiger partial charge >= 0.3 is 0 Å². The maximum atomic E-state index is 14.2. The molecule has 1 aromatic rings. The molecular weight excluding hydrogens is 307 g/mol. The van der Waals surface area contributed by atoms with Gasteiger partial charge in [-0.2, -0.15) is 0 Å². The van der Waals surface area contributed by atoms with Crippen LogP contribution in [0, 0.1) is 5.82 Å². The zero-order chi connectivity index (χ0) is 14.6. The number of nitrogens with one attached hydrogen (secondary N) is 1. The quantitative estimate of drug-likeness (QED) is 0.849. The molecule has 1 N–H and O–H groups in total. The highest BCUT2D eigenvalue weighted by atomic mass is 79.9. The first-order chi connectivity index (χ1) is 8.92. The average molecular weight is 331 g/mol. The summed E-state index contributed by atoms with van der Waals surface area (Å²) in [4.78, 5) is 2.20. The van der Waals surface area contributed by atoms with Crippen LogP contribution in [-0.4, -0.2) is 31.6 Å². The molecule has 0 bridgehead atoms. The predicted molar refractivity (Wildman–Crippen MR) is 82.9 cm³/mol. The molecule has 0 radical (unpaired) electrons. The molecule has 0 saturated carbocycles. The summed E-state index contributed by atoms with van der Waals surface area (Å²) in [6.45, 7) is 4.31. The normalized spacial score (nSPS) is 13.9. The molecule has 0 spiro atoms. The molecule has 2 nitrogen and oxygen atoms in total. The minimum Gasteiger partial charge on any atom is -0.311 e. The van der Waals surface area contributed by atoms with Crippen LogP contribution in [0.3, 0.4) is 0 Å². The van der Waals surface area contributed by atoms with Crippen LogP contribution in [0.15, 0.2) is 22.7 Å². The summed E-state index contributed by atoms with van der Waals surface area (Å²) < 4.78 is 15.1. The predicted octanol–water partition coefficient (Wildman–Crippen LogP) is 3.97. The van der Waals surface area contributed by atoms with Crippen molar-refractivity contribution < 1.29 is 4.39 Å². The Morgan fingerprint density at radius 3 is 2.32 bits per heavy atom. The van der Waals surface area contributed by atoms with Gasteiger partial charge in [0.25, 0.3) is 0 Å². The van der Waals surface area contributed by atoms with Gasteiger partial charge in [-0.05, 0) is 52.2 Å². The van der Waals surface area contributed by atoms with E-state index in [0.717, 1.165) is 17.3 Å². The highest BCUT2D eigenvalue weighted by molar-refractivity contribution is 9.10. The molecule has 0 aromatic heterocycles. The van der Waals surface area contributed by atoms with Crippen LogP contribution >= 0.6 is 15.9 Å². The van der Waals surface area contributed by atoms with E-state index in [4.69, 9.17) is 0 Å². The third-order valence-electron chi connectivity index (χ3n) is 4.21. The van der Waals surface area contributed by atoms with Crippen LogP contribution in [0.5, 0.6) is 0 Å². The Balaban J connectivity index is 3.35. The van der Waals surface area contributed by atoms with Crippen LogP contribution in [0.25, 0.3) is 0 Å². The van der Waals surface area contributed by atoms with Crippen molar-refractivity contribution in [3.05, 3.63) is 34.1 Å². The Hall–Kier alpha value is -0.450. The van der Waals surface area contributed by atoms with E-state index in [1.54, 1.807) is 6.07 Å². The minimum absolute atomic E-state index is 0.0463. The van der Waals surface area contributed by atoms with Crippen molar-refractivity contribution in [3.63, 3.8) is 0 Å². The maximum absolute atomic E-state index is 14.2. The molecule has 1 rings (SSSR count). The fourth-order valence-corrected chi connectivity index (χ4v) is 3.38. The summed E-state index contributed by atoms with van der Waals surface area (Å²) in [7, 11) is 6.02. The molecule has 0 saturated heterocycles. The van der Waals surface area contributed by atoms with Crippen molar-refractivity contribution in [2.24, 2.45) is 0 Å². The van der Waals surface area contributed by atoms with Crippen LogP contribution in [-0.2, 0) is 0 Å². The summed E-state index contributed by atoms with van der Waals surface area (Å²) in [6, 6.07) is 5.09. The Labute approximate surface area is 124 Å². The molecular formula is C15H24BrFN2. The van der Waals surface area contributed by atoms with Gasteiger partial charge in [-0.15, -0.1) is 0 Å². The van der Waals surface area contributed by atoms with Crippen molar-refractivity contribution in [2.75, 3.05) is 21.1 Å². The molecule has 0 heterocycles. The van der Waals surface area contributed by atoms with Gasteiger partial charge in [-0.3, -0.25) is 0 Å². The van der Waals surface area contributed by atoms with Gasteiger partial charge in [-0.1, -0.05) is 29.8 Å². The summed E-state index contributed by atoms with van der Waals surface area (Å²) in [5.41, 5.74) is 0.616. The van der Waals surface area contributed by atoms with E-state index in [9.17, 15) is 4.39 Å². The second-order valence-electron chi connectivity index (χ2n) is 5.09. The van der Waals surface area contributed by atoms with Crippen molar-refractivity contribution in [3.8, 4) is 0 Å². The molecule has 1 aromatic carbocycles. The maximum Gasteiger partial charge on any atom is 0.128 e. The zero-order valence-corrected chi connectivity index (χ0v) is 14.0. The fraction of sp³-hybridized carbons (Fsp3) is 0.600. The third kappa shape index (κ3) is 3.18. The Morgan fingerprint density at radius 2 is 1.89 bits per heavy atom. The summed E-state index contributed by atoms with van der Waals surface area (Å²) in [5.74, 6) is -0.157. The van der Waals surface area contributed by atoms with E-state index in [0.29, 0.717) is 5.56 Å². The standard InChI is InChI=1S/C15H24BrFN2/c1-6-15(7-2,19(4)5)14(18-3)12-10-11(16)8-9-13(12)17/h8-10,14,18H,6-7H2,1-5H3. The van der Waals surface area contributed by atoms with Gasteiger partial charge in [0.15, 0.2) is 0 Å². The molecule has 4 heteroatoms. The fourth-order valence-electron chi connectivity index (χ4n) is 3.00. The number of hydrogen-bond donors (Lipinski definition) is 1. The molecule has 19 heavy (non-hydrogen) atoms. The van der Waals surface area contributed by atoms with Crippen LogP contribution < -0.4 is 5.32 Å². The van der Waals surface area contributed by atoms with Gasteiger partial charge < -0.3 is 10.2 Å². The van der Waals surface area contributed by atoms with Crippen molar-refractivity contribution >= 4 is 15.9 Å². The Morgan fingerprint density at radius 1 is 1.32 bits per heavy atom. The largest absolute Gasteiger partial charge is 0.311 e. The Kier molecular flexibility index (Phi) is 5.96. The first kappa shape index (κ1) is 16.6. The topological polar surface area (TPSA) is 15.3 Å². The lowest BCUT2D eigenvalue weighted by atomic mass is 9.79. The van der Waals surface area contributed by atoms with E-state index in [-0.39, 0.29) is 17.4 Å². The van der Waals surface area contributed by atoms with E-state index < -0.39 is 0 Å². The first-order valence-corrected chi connectivity index (χ1v) is 7.51. The smallest absolute Gasteiger partial charge is 0.128 e. The molecule has 1 unspecified atom stereocenters. The average Bonchev–Trinajstić information content (AvgIpc) is 2.39. The van der Waals surface area contributed by atoms with E-state index in [2.05, 4.69) is 54.1 Å². The van der Waals surface area contributed by atoms with Gasteiger partial charge in [0, 0.05) is 15.6 Å².